The third kappa shape index (κ3) is 4.99. The molecular formula is C26H23Cl3N2O3S. The van der Waals surface area contributed by atoms with Crippen LogP contribution in [-0.2, 0) is 15.4 Å². The maximum absolute atomic E-state index is 12.0. The zero-order valence-corrected chi connectivity index (χ0v) is 22.6. The van der Waals surface area contributed by atoms with Crippen molar-refractivity contribution >= 4 is 44.6 Å². The fourth-order valence-corrected chi connectivity index (χ4v) is 5.57. The van der Waals surface area contributed by atoms with Crippen molar-refractivity contribution in [2.24, 2.45) is 0 Å². The van der Waals surface area contributed by atoms with Gasteiger partial charge in [-0.25, -0.2) is 13.1 Å². The summed E-state index contributed by atoms with van der Waals surface area (Å²) in [6, 6.07) is 17.6. The topological polar surface area (TPSA) is 72.2 Å². The SMILES string of the molecule is Cc1cc(-c2cccc(S(C)(=O)=O)c2)ccc1-n1nc(C(C)(C)O)c(Cl)c1-c1c(Cl)cccc1Cl. The second-order valence-electron chi connectivity index (χ2n) is 8.88. The highest BCUT2D eigenvalue weighted by Crippen LogP contribution is 2.43. The molecule has 182 valence electrons. The lowest BCUT2D eigenvalue weighted by Gasteiger charge is -2.14. The number of aromatic nitrogens is 2. The first-order chi connectivity index (χ1) is 16.3. The van der Waals surface area contributed by atoms with Crippen LogP contribution in [0.25, 0.3) is 28.1 Å². The molecule has 0 spiro atoms. The Balaban J connectivity index is 1.93. The third-order valence-electron chi connectivity index (χ3n) is 5.63. The number of aliphatic hydroxyl groups is 1. The molecule has 4 rings (SSSR count). The zero-order chi connectivity index (χ0) is 25.7. The quantitative estimate of drug-likeness (QED) is 0.288. The van der Waals surface area contributed by atoms with Gasteiger partial charge < -0.3 is 5.11 Å². The molecule has 1 N–H and O–H groups in total. The van der Waals surface area contributed by atoms with Crippen LogP contribution in [0.1, 0.15) is 25.1 Å². The molecule has 0 atom stereocenters. The highest BCUT2D eigenvalue weighted by atomic mass is 35.5. The molecule has 0 aliphatic rings. The number of hydrogen-bond acceptors (Lipinski definition) is 4. The summed E-state index contributed by atoms with van der Waals surface area (Å²) in [5, 5.41) is 16.4. The zero-order valence-electron chi connectivity index (χ0n) is 19.5. The van der Waals surface area contributed by atoms with E-state index in [0.29, 0.717) is 27.0 Å². The summed E-state index contributed by atoms with van der Waals surface area (Å²) in [6.07, 6.45) is 1.18. The van der Waals surface area contributed by atoms with E-state index in [1.165, 1.54) is 6.26 Å². The van der Waals surface area contributed by atoms with E-state index in [1.807, 2.05) is 31.2 Å². The molecule has 0 saturated heterocycles. The lowest BCUT2D eigenvalue weighted by molar-refractivity contribution is 0.0735. The van der Waals surface area contributed by atoms with Crippen LogP contribution in [0.4, 0.5) is 0 Å². The Morgan fingerprint density at radius 2 is 1.51 bits per heavy atom. The largest absolute Gasteiger partial charge is 0.384 e. The molecule has 1 aromatic heterocycles. The van der Waals surface area contributed by atoms with E-state index < -0.39 is 15.4 Å². The molecule has 0 bridgehead atoms. The first-order valence-corrected chi connectivity index (χ1v) is 13.7. The van der Waals surface area contributed by atoms with Gasteiger partial charge in [0.15, 0.2) is 9.84 Å². The predicted molar refractivity (Wildman–Crippen MR) is 143 cm³/mol. The molecule has 0 aliphatic carbocycles. The molecule has 0 unspecified atom stereocenters. The molecule has 0 amide bonds. The van der Waals surface area contributed by atoms with Crippen molar-refractivity contribution in [3.05, 3.63) is 87.0 Å². The summed E-state index contributed by atoms with van der Waals surface area (Å²) in [5.74, 6) is 0. The van der Waals surface area contributed by atoms with Gasteiger partial charge in [-0.3, -0.25) is 0 Å². The number of nitrogens with zero attached hydrogens (tertiary/aromatic N) is 2. The smallest absolute Gasteiger partial charge is 0.175 e. The van der Waals surface area contributed by atoms with E-state index in [4.69, 9.17) is 34.8 Å². The standard InChI is InChI=1S/C26H23Cl3N2O3S/c1-15-13-17(16-7-5-8-18(14-16)35(4,33)34)11-12-21(15)31-24(22-19(27)9-6-10-20(22)28)23(29)25(30-31)26(2,3)32/h5-14,32H,1-4H3. The highest BCUT2D eigenvalue weighted by Gasteiger charge is 2.30. The lowest BCUT2D eigenvalue weighted by Crippen LogP contribution is -2.17. The van der Waals surface area contributed by atoms with E-state index in [0.717, 1.165) is 16.7 Å². The molecule has 3 aromatic carbocycles. The summed E-state index contributed by atoms with van der Waals surface area (Å²) in [4.78, 5) is 0.251. The van der Waals surface area contributed by atoms with Gasteiger partial charge in [-0.2, -0.15) is 5.10 Å². The molecule has 1 heterocycles. The van der Waals surface area contributed by atoms with Crippen LogP contribution < -0.4 is 0 Å². The molecule has 35 heavy (non-hydrogen) atoms. The van der Waals surface area contributed by atoms with E-state index >= 15 is 0 Å². The predicted octanol–water partition coefficient (Wildman–Crippen LogP) is 7.11. The number of rotatable bonds is 5. The number of aryl methyl sites for hydroxylation is 1. The van der Waals surface area contributed by atoms with Gasteiger partial charge in [0, 0.05) is 11.8 Å². The van der Waals surface area contributed by atoms with Crippen LogP contribution >= 0.6 is 34.8 Å². The Bertz CT molecular complexity index is 1530. The van der Waals surface area contributed by atoms with Crippen molar-refractivity contribution in [2.75, 3.05) is 6.26 Å². The van der Waals surface area contributed by atoms with Gasteiger partial charge in [-0.05, 0) is 73.9 Å². The fourth-order valence-electron chi connectivity index (χ4n) is 3.88. The van der Waals surface area contributed by atoms with Gasteiger partial charge in [-0.15, -0.1) is 0 Å². The summed E-state index contributed by atoms with van der Waals surface area (Å²) < 4.78 is 25.6. The van der Waals surface area contributed by atoms with Gasteiger partial charge in [0.2, 0.25) is 0 Å². The average Bonchev–Trinajstić information content (AvgIpc) is 3.10. The third-order valence-corrected chi connectivity index (χ3v) is 7.73. The summed E-state index contributed by atoms with van der Waals surface area (Å²) in [7, 11) is -3.33. The minimum Gasteiger partial charge on any atom is -0.384 e. The van der Waals surface area contributed by atoms with Crippen LogP contribution in [0, 0.1) is 6.92 Å². The van der Waals surface area contributed by atoms with Gasteiger partial charge in [0.1, 0.15) is 11.3 Å². The Labute approximate surface area is 219 Å². The maximum Gasteiger partial charge on any atom is 0.175 e. The molecule has 0 radical (unpaired) electrons. The van der Waals surface area contributed by atoms with Gasteiger partial charge >= 0.3 is 0 Å². The first-order valence-electron chi connectivity index (χ1n) is 10.7. The van der Waals surface area contributed by atoms with Crippen molar-refractivity contribution in [2.45, 2.75) is 31.3 Å². The average molecular weight is 550 g/mol. The second kappa shape index (κ2) is 9.26. The monoisotopic (exact) mass is 548 g/mol. The van der Waals surface area contributed by atoms with Crippen molar-refractivity contribution in [1.82, 2.24) is 9.78 Å². The molecule has 9 heteroatoms. The van der Waals surface area contributed by atoms with Gasteiger partial charge in [0.05, 0.1) is 31.3 Å². The minimum atomic E-state index is -3.33. The molecule has 0 saturated carbocycles. The fraction of sp³-hybridized carbons (Fsp3) is 0.192. The number of benzene rings is 3. The van der Waals surface area contributed by atoms with Crippen LogP contribution in [0.5, 0.6) is 0 Å². The summed E-state index contributed by atoms with van der Waals surface area (Å²) >= 11 is 19.8. The van der Waals surface area contributed by atoms with E-state index in [2.05, 4.69) is 5.10 Å². The molecule has 0 aliphatic heterocycles. The van der Waals surface area contributed by atoms with Crippen LogP contribution in [0.15, 0.2) is 65.6 Å². The van der Waals surface area contributed by atoms with Crippen LogP contribution in [0.2, 0.25) is 15.1 Å². The van der Waals surface area contributed by atoms with Crippen molar-refractivity contribution in [1.29, 1.82) is 0 Å². The molecule has 0 fully saturated rings. The van der Waals surface area contributed by atoms with E-state index in [9.17, 15) is 13.5 Å². The van der Waals surface area contributed by atoms with Crippen molar-refractivity contribution in [3.8, 4) is 28.1 Å². The van der Waals surface area contributed by atoms with Gasteiger partial charge in [0.25, 0.3) is 0 Å². The lowest BCUT2D eigenvalue weighted by atomic mass is 10.0. The number of hydrogen-bond donors (Lipinski definition) is 1. The molecular weight excluding hydrogens is 527 g/mol. The minimum absolute atomic E-state index is 0.247. The highest BCUT2D eigenvalue weighted by molar-refractivity contribution is 7.90. The van der Waals surface area contributed by atoms with Crippen LogP contribution in [0.3, 0.4) is 0 Å². The summed E-state index contributed by atoms with van der Waals surface area (Å²) in [6.45, 7) is 5.12. The molecule has 5 nitrogen and oxygen atoms in total. The van der Waals surface area contributed by atoms with Crippen molar-refractivity contribution < 1.29 is 13.5 Å². The van der Waals surface area contributed by atoms with Crippen molar-refractivity contribution in [3.63, 3.8) is 0 Å². The Hall–Kier alpha value is -2.35. The Morgan fingerprint density at radius 3 is 2.09 bits per heavy atom. The van der Waals surface area contributed by atoms with E-state index in [1.54, 1.807) is 54.9 Å². The summed E-state index contributed by atoms with van der Waals surface area (Å²) in [5.41, 5.74) is 3.11. The first kappa shape index (κ1) is 25.7. The number of halogens is 3. The number of sulfone groups is 1. The second-order valence-corrected chi connectivity index (χ2v) is 12.1. The van der Waals surface area contributed by atoms with Crippen LogP contribution in [-0.4, -0.2) is 29.6 Å². The normalized spacial score (nSPS) is 12.2. The Morgan fingerprint density at radius 1 is 0.914 bits per heavy atom. The van der Waals surface area contributed by atoms with Gasteiger partial charge in [-0.1, -0.05) is 59.1 Å². The van der Waals surface area contributed by atoms with E-state index in [-0.39, 0.29) is 15.6 Å². The maximum atomic E-state index is 12.0. The molecule has 4 aromatic rings. The Kier molecular flexibility index (Phi) is 6.81.